The fourth-order valence-corrected chi connectivity index (χ4v) is 7.63. The van der Waals surface area contributed by atoms with Gasteiger partial charge in [0.15, 0.2) is 0 Å². The zero-order valence-corrected chi connectivity index (χ0v) is 18.1. The van der Waals surface area contributed by atoms with E-state index in [0.717, 1.165) is 37.0 Å². The van der Waals surface area contributed by atoms with Crippen LogP contribution in [-0.4, -0.2) is 26.9 Å². The Balaban J connectivity index is 1.43. The van der Waals surface area contributed by atoms with Crippen LogP contribution >= 0.6 is 0 Å². The van der Waals surface area contributed by atoms with Crippen molar-refractivity contribution in [3.05, 3.63) is 60.2 Å². The Hall–Kier alpha value is -2.34. The number of anilines is 1. The molecule has 0 spiro atoms. The highest BCUT2D eigenvalue weighted by molar-refractivity contribution is 7.92. The van der Waals surface area contributed by atoms with E-state index in [1.807, 2.05) is 0 Å². The maximum absolute atomic E-state index is 13.4. The molecule has 4 aliphatic rings. The first-order valence-corrected chi connectivity index (χ1v) is 12.3. The maximum atomic E-state index is 13.4. The van der Waals surface area contributed by atoms with Crippen LogP contribution in [0.15, 0.2) is 59.5 Å². The summed E-state index contributed by atoms with van der Waals surface area (Å²) < 4.78 is 27.4. The summed E-state index contributed by atoms with van der Waals surface area (Å²) in [4.78, 5) is 13.6. The largest absolute Gasteiger partial charge is 0.347 e. The third-order valence-electron chi connectivity index (χ3n) is 7.31. The second-order valence-corrected chi connectivity index (χ2v) is 11.4. The zero-order valence-electron chi connectivity index (χ0n) is 17.3. The van der Waals surface area contributed by atoms with Crippen molar-refractivity contribution in [1.82, 2.24) is 5.32 Å². The Labute approximate surface area is 178 Å². The number of rotatable bonds is 5. The predicted octanol–water partition coefficient (Wildman–Crippen LogP) is 4.21. The Bertz CT molecular complexity index is 1030. The average molecular weight is 425 g/mol. The van der Waals surface area contributed by atoms with Crippen LogP contribution in [0.4, 0.5) is 5.69 Å². The van der Waals surface area contributed by atoms with Crippen LogP contribution in [0.2, 0.25) is 0 Å². The summed E-state index contributed by atoms with van der Waals surface area (Å²) in [5.41, 5.74) is 0.703. The Kier molecular flexibility index (Phi) is 4.65. The van der Waals surface area contributed by atoms with E-state index in [1.54, 1.807) is 54.6 Å². The lowest BCUT2D eigenvalue weighted by Gasteiger charge is -2.56. The number of sulfonamides is 1. The van der Waals surface area contributed by atoms with Crippen molar-refractivity contribution >= 4 is 21.6 Å². The minimum absolute atomic E-state index is 0.115. The molecule has 2 aromatic carbocycles. The minimum atomic E-state index is -3.75. The van der Waals surface area contributed by atoms with Gasteiger partial charge in [0.2, 0.25) is 0 Å². The standard InChI is InChI=1S/C24H28N2O3S/c1-26(30(28,29)20-7-3-2-4-8-20)22-10-6-5-9-21(22)23(27)25-24-14-17-11-18(15-24)13-19(12-17)16-24/h2-10,17-19H,11-16H2,1H3,(H,25,27). The van der Waals surface area contributed by atoms with Gasteiger partial charge < -0.3 is 5.32 Å². The van der Waals surface area contributed by atoms with E-state index in [0.29, 0.717) is 11.3 Å². The van der Waals surface area contributed by atoms with Gasteiger partial charge in [-0.15, -0.1) is 0 Å². The van der Waals surface area contributed by atoms with Gasteiger partial charge in [-0.1, -0.05) is 30.3 Å². The summed E-state index contributed by atoms with van der Waals surface area (Å²) in [6, 6.07) is 15.3. The first-order valence-electron chi connectivity index (χ1n) is 10.8. The highest BCUT2D eigenvalue weighted by Crippen LogP contribution is 2.55. The van der Waals surface area contributed by atoms with Crippen molar-refractivity contribution in [2.75, 3.05) is 11.4 Å². The molecule has 0 atom stereocenters. The molecule has 30 heavy (non-hydrogen) atoms. The van der Waals surface area contributed by atoms with E-state index in [1.165, 1.54) is 30.6 Å². The summed E-state index contributed by atoms with van der Waals surface area (Å²) in [6.07, 6.45) is 7.11. The lowest BCUT2D eigenvalue weighted by Crippen LogP contribution is -2.59. The third-order valence-corrected chi connectivity index (χ3v) is 9.09. The molecular weight excluding hydrogens is 396 g/mol. The van der Waals surface area contributed by atoms with E-state index in [-0.39, 0.29) is 16.3 Å². The van der Waals surface area contributed by atoms with Gasteiger partial charge in [0.05, 0.1) is 16.1 Å². The predicted molar refractivity (Wildman–Crippen MR) is 117 cm³/mol. The van der Waals surface area contributed by atoms with Crippen molar-refractivity contribution < 1.29 is 13.2 Å². The molecular formula is C24H28N2O3S. The molecule has 4 aliphatic carbocycles. The molecule has 158 valence electrons. The third kappa shape index (κ3) is 3.31. The number of benzene rings is 2. The molecule has 0 saturated heterocycles. The van der Waals surface area contributed by atoms with Gasteiger partial charge in [-0.2, -0.15) is 0 Å². The van der Waals surface area contributed by atoms with Crippen LogP contribution in [0.5, 0.6) is 0 Å². The molecule has 6 heteroatoms. The summed E-state index contributed by atoms with van der Waals surface area (Å²) in [7, 11) is -2.23. The second-order valence-electron chi connectivity index (χ2n) is 9.45. The molecule has 6 rings (SSSR count). The monoisotopic (exact) mass is 424 g/mol. The van der Waals surface area contributed by atoms with Crippen molar-refractivity contribution in [1.29, 1.82) is 0 Å². The smallest absolute Gasteiger partial charge is 0.264 e. The topological polar surface area (TPSA) is 66.5 Å². The van der Waals surface area contributed by atoms with Crippen LogP contribution in [0.3, 0.4) is 0 Å². The van der Waals surface area contributed by atoms with E-state index in [2.05, 4.69) is 5.32 Å². The Morgan fingerprint density at radius 3 is 2.03 bits per heavy atom. The molecule has 4 fully saturated rings. The molecule has 4 bridgehead atoms. The fourth-order valence-electron chi connectivity index (χ4n) is 6.39. The van der Waals surface area contributed by atoms with Gasteiger partial charge in [0.25, 0.3) is 15.9 Å². The number of hydrogen-bond acceptors (Lipinski definition) is 3. The van der Waals surface area contributed by atoms with Gasteiger partial charge in [0.1, 0.15) is 0 Å². The second kappa shape index (κ2) is 7.12. The molecule has 0 radical (unpaired) electrons. The van der Waals surface area contributed by atoms with Crippen LogP contribution in [0, 0.1) is 17.8 Å². The lowest BCUT2D eigenvalue weighted by atomic mass is 9.53. The highest BCUT2D eigenvalue weighted by atomic mass is 32.2. The van der Waals surface area contributed by atoms with Crippen LogP contribution in [0.1, 0.15) is 48.9 Å². The van der Waals surface area contributed by atoms with Gasteiger partial charge in [-0.3, -0.25) is 9.10 Å². The normalized spacial score (nSPS) is 29.6. The van der Waals surface area contributed by atoms with Crippen LogP contribution < -0.4 is 9.62 Å². The van der Waals surface area contributed by atoms with Crippen LogP contribution in [-0.2, 0) is 10.0 Å². The lowest BCUT2D eigenvalue weighted by molar-refractivity contribution is -0.0166. The van der Waals surface area contributed by atoms with Crippen molar-refractivity contribution in [2.45, 2.75) is 49.0 Å². The number of carbonyl (C=O) groups is 1. The van der Waals surface area contributed by atoms with Gasteiger partial charge in [0, 0.05) is 12.6 Å². The molecule has 1 N–H and O–H groups in total. The minimum Gasteiger partial charge on any atom is -0.347 e. The molecule has 0 unspecified atom stereocenters. The van der Waals surface area contributed by atoms with Crippen LogP contribution in [0.25, 0.3) is 0 Å². The van der Waals surface area contributed by atoms with E-state index in [9.17, 15) is 13.2 Å². The van der Waals surface area contributed by atoms with Gasteiger partial charge in [-0.05, 0) is 80.5 Å². The molecule has 0 aliphatic heterocycles. The number of nitrogens with one attached hydrogen (secondary N) is 1. The van der Waals surface area contributed by atoms with Gasteiger partial charge in [-0.25, -0.2) is 8.42 Å². The number of carbonyl (C=O) groups excluding carboxylic acids is 1. The van der Waals surface area contributed by atoms with Crippen molar-refractivity contribution in [3.8, 4) is 0 Å². The number of nitrogens with zero attached hydrogens (tertiary/aromatic N) is 1. The van der Waals surface area contributed by atoms with Crippen molar-refractivity contribution in [3.63, 3.8) is 0 Å². The molecule has 4 saturated carbocycles. The number of hydrogen-bond donors (Lipinski definition) is 1. The summed E-state index contributed by atoms with van der Waals surface area (Å²) in [5, 5.41) is 3.37. The van der Waals surface area contributed by atoms with E-state index >= 15 is 0 Å². The van der Waals surface area contributed by atoms with E-state index in [4.69, 9.17) is 0 Å². The Morgan fingerprint density at radius 2 is 1.43 bits per heavy atom. The quantitative estimate of drug-likeness (QED) is 0.782. The molecule has 2 aromatic rings. The molecule has 0 heterocycles. The summed E-state index contributed by atoms with van der Waals surface area (Å²) in [6.45, 7) is 0. The first kappa shape index (κ1) is 19.6. The fraction of sp³-hybridized carbons (Fsp3) is 0.458. The molecule has 5 nitrogen and oxygen atoms in total. The highest BCUT2D eigenvalue weighted by Gasteiger charge is 2.51. The zero-order chi connectivity index (χ0) is 20.9. The Morgan fingerprint density at radius 1 is 0.900 bits per heavy atom. The summed E-state index contributed by atoms with van der Waals surface area (Å²) >= 11 is 0. The van der Waals surface area contributed by atoms with Crippen molar-refractivity contribution in [2.24, 2.45) is 17.8 Å². The SMILES string of the molecule is CN(c1ccccc1C(=O)NC12CC3CC(CC(C3)C1)C2)S(=O)(=O)c1ccccc1. The summed E-state index contributed by atoms with van der Waals surface area (Å²) in [5.74, 6) is 2.02. The molecule has 1 amide bonds. The maximum Gasteiger partial charge on any atom is 0.264 e. The average Bonchev–Trinajstić information content (AvgIpc) is 2.72. The number of para-hydroxylation sites is 1. The van der Waals surface area contributed by atoms with E-state index < -0.39 is 10.0 Å². The number of amides is 1. The first-order chi connectivity index (χ1) is 14.4. The van der Waals surface area contributed by atoms with Gasteiger partial charge >= 0.3 is 0 Å². The molecule has 0 aromatic heterocycles.